The molecule has 1 aliphatic heterocycles. The maximum atomic E-state index is 12.8. The van der Waals surface area contributed by atoms with Gasteiger partial charge in [-0.1, -0.05) is 24.3 Å². The third-order valence-corrected chi connectivity index (χ3v) is 4.45. The van der Waals surface area contributed by atoms with Crippen LogP contribution in [0.4, 0.5) is 11.4 Å². The molecular formula is C20H21N3O6. The fourth-order valence-corrected chi connectivity index (χ4v) is 2.90. The van der Waals surface area contributed by atoms with E-state index < -0.39 is 16.9 Å². The molecule has 0 bridgehead atoms. The van der Waals surface area contributed by atoms with Crippen LogP contribution in [-0.2, 0) is 9.53 Å². The lowest BCUT2D eigenvalue weighted by Gasteiger charge is -2.27. The Labute approximate surface area is 167 Å². The number of rotatable bonds is 6. The van der Waals surface area contributed by atoms with Crippen LogP contribution >= 0.6 is 0 Å². The maximum Gasteiger partial charge on any atom is 0.310 e. The Balaban J connectivity index is 1.72. The van der Waals surface area contributed by atoms with Gasteiger partial charge in [0.05, 0.1) is 29.4 Å². The number of hydrogen-bond donors (Lipinski definition) is 1. The smallest absolute Gasteiger partial charge is 0.310 e. The molecule has 1 heterocycles. The number of amides is 2. The third kappa shape index (κ3) is 4.88. The number of nitrogens with one attached hydrogen (secondary N) is 1. The van der Waals surface area contributed by atoms with Gasteiger partial charge < -0.3 is 19.7 Å². The first-order chi connectivity index (χ1) is 14.0. The first kappa shape index (κ1) is 20.3. The average Bonchev–Trinajstić information content (AvgIpc) is 2.74. The summed E-state index contributed by atoms with van der Waals surface area (Å²) in [4.78, 5) is 37.6. The number of nitro groups is 1. The van der Waals surface area contributed by atoms with E-state index in [-0.39, 0.29) is 17.3 Å². The van der Waals surface area contributed by atoms with Crippen LogP contribution in [0.2, 0.25) is 0 Å². The highest BCUT2D eigenvalue weighted by Crippen LogP contribution is 2.27. The predicted molar refractivity (Wildman–Crippen MR) is 105 cm³/mol. The molecule has 2 amide bonds. The van der Waals surface area contributed by atoms with Crippen LogP contribution in [0.1, 0.15) is 17.3 Å². The first-order valence-corrected chi connectivity index (χ1v) is 9.14. The first-order valence-electron chi connectivity index (χ1n) is 9.14. The van der Waals surface area contributed by atoms with Gasteiger partial charge >= 0.3 is 5.69 Å². The molecule has 0 saturated carbocycles. The summed E-state index contributed by atoms with van der Waals surface area (Å²) in [7, 11) is 0. The van der Waals surface area contributed by atoms with Gasteiger partial charge in [-0.15, -0.1) is 0 Å². The number of nitro benzene ring substituents is 1. The maximum absolute atomic E-state index is 12.8. The lowest BCUT2D eigenvalue weighted by molar-refractivity contribution is -0.386. The molecule has 1 N–H and O–H groups in total. The van der Waals surface area contributed by atoms with Crippen LogP contribution in [0.3, 0.4) is 0 Å². The molecule has 1 saturated heterocycles. The number of anilines is 1. The minimum absolute atomic E-state index is 0.00201. The van der Waals surface area contributed by atoms with Crippen molar-refractivity contribution in [1.29, 1.82) is 0 Å². The zero-order valence-electron chi connectivity index (χ0n) is 15.9. The summed E-state index contributed by atoms with van der Waals surface area (Å²) in [6.07, 6.45) is -1.01. The standard InChI is InChI=1S/C20H21N3O6/c1-14(29-18-9-5-4-8-17(18)23(26)27)19(24)21-16-7-3-2-6-15(16)20(25)22-10-12-28-13-11-22/h2-9,14H,10-13H2,1H3,(H,21,24)/t14-/m1/s1. The van der Waals surface area contributed by atoms with E-state index in [0.717, 1.165) is 0 Å². The summed E-state index contributed by atoms with van der Waals surface area (Å²) in [6, 6.07) is 12.5. The molecule has 1 aliphatic rings. The summed E-state index contributed by atoms with van der Waals surface area (Å²) < 4.78 is 10.8. The van der Waals surface area contributed by atoms with Crippen LogP contribution in [0.15, 0.2) is 48.5 Å². The third-order valence-electron chi connectivity index (χ3n) is 4.45. The number of morpholine rings is 1. The molecule has 0 aromatic heterocycles. The van der Waals surface area contributed by atoms with Gasteiger partial charge in [0.1, 0.15) is 0 Å². The Morgan fingerprint density at radius 3 is 2.52 bits per heavy atom. The summed E-state index contributed by atoms with van der Waals surface area (Å²) in [5, 5.41) is 13.8. The van der Waals surface area contributed by atoms with Gasteiger partial charge in [0.25, 0.3) is 11.8 Å². The average molecular weight is 399 g/mol. The van der Waals surface area contributed by atoms with Crippen LogP contribution in [-0.4, -0.2) is 54.0 Å². The quantitative estimate of drug-likeness (QED) is 0.590. The van der Waals surface area contributed by atoms with Crippen molar-refractivity contribution < 1.29 is 24.0 Å². The molecule has 3 rings (SSSR count). The number of carbonyl (C=O) groups excluding carboxylic acids is 2. The molecule has 9 nitrogen and oxygen atoms in total. The van der Waals surface area contributed by atoms with E-state index in [2.05, 4.69) is 5.32 Å². The van der Waals surface area contributed by atoms with E-state index >= 15 is 0 Å². The highest BCUT2D eigenvalue weighted by Gasteiger charge is 2.24. The normalized spacial score (nSPS) is 14.7. The molecule has 1 atom stereocenters. The largest absolute Gasteiger partial charge is 0.474 e. The summed E-state index contributed by atoms with van der Waals surface area (Å²) in [5.74, 6) is -0.723. The summed E-state index contributed by atoms with van der Waals surface area (Å²) in [6.45, 7) is 3.40. The minimum atomic E-state index is -1.01. The number of ether oxygens (including phenoxy) is 2. The number of para-hydroxylation sites is 3. The topological polar surface area (TPSA) is 111 Å². The van der Waals surface area contributed by atoms with Gasteiger partial charge in [0.15, 0.2) is 11.9 Å². The van der Waals surface area contributed by atoms with Gasteiger partial charge in [-0.2, -0.15) is 0 Å². The Bertz CT molecular complexity index is 911. The fraction of sp³-hybridized carbons (Fsp3) is 0.300. The Morgan fingerprint density at radius 1 is 1.14 bits per heavy atom. The zero-order chi connectivity index (χ0) is 20.8. The Hall–Kier alpha value is -3.46. The lowest BCUT2D eigenvalue weighted by atomic mass is 10.1. The van der Waals surface area contributed by atoms with E-state index in [0.29, 0.717) is 37.6 Å². The van der Waals surface area contributed by atoms with E-state index in [4.69, 9.17) is 9.47 Å². The van der Waals surface area contributed by atoms with E-state index in [1.165, 1.54) is 25.1 Å². The van der Waals surface area contributed by atoms with Crippen molar-refractivity contribution in [3.8, 4) is 5.75 Å². The van der Waals surface area contributed by atoms with Gasteiger partial charge in [-0.05, 0) is 25.1 Å². The number of carbonyl (C=O) groups is 2. The van der Waals surface area contributed by atoms with Crippen molar-refractivity contribution in [2.45, 2.75) is 13.0 Å². The van der Waals surface area contributed by atoms with Crippen LogP contribution < -0.4 is 10.1 Å². The predicted octanol–water partition coefficient (Wildman–Crippen LogP) is 2.47. The lowest BCUT2D eigenvalue weighted by Crippen LogP contribution is -2.41. The van der Waals surface area contributed by atoms with Crippen molar-refractivity contribution in [3.05, 3.63) is 64.2 Å². The van der Waals surface area contributed by atoms with Gasteiger partial charge in [-0.25, -0.2) is 0 Å². The molecule has 0 spiro atoms. The van der Waals surface area contributed by atoms with Crippen molar-refractivity contribution in [2.24, 2.45) is 0 Å². The minimum Gasteiger partial charge on any atom is -0.474 e. The molecular weight excluding hydrogens is 378 g/mol. The molecule has 0 unspecified atom stereocenters. The molecule has 29 heavy (non-hydrogen) atoms. The van der Waals surface area contributed by atoms with Gasteiger partial charge in [0.2, 0.25) is 0 Å². The highest BCUT2D eigenvalue weighted by molar-refractivity contribution is 6.04. The second-order valence-electron chi connectivity index (χ2n) is 6.42. The molecule has 0 radical (unpaired) electrons. The van der Waals surface area contributed by atoms with Crippen molar-refractivity contribution in [2.75, 3.05) is 31.6 Å². The van der Waals surface area contributed by atoms with Crippen LogP contribution in [0, 0.1) is 10.1 Å². The second-order valence-corrected chi connectivity index (χ2v) is 6.42. The van der Waals surface area contributed by atoms with Crippen molar-refractivity contribution in [3.63, 3.8) is 0 Å². The molecule has 2 aromatic carbocycles. The zero-order valence-corrected chi connectivity index (χ0v) is 15.9. The molecule has 2 aromatic rings. The Kier molecular flexibility index (Phi) is 6.40. The Morgan fingerprint density at radius 2 is 1.79 bits per heavy atom. The van der Waals surface area contributed by atoms with Crippen molar-refractivity contribution >= 4 is 23.2 Å². The number of benzene rings is 2. The van der Waals surface area contributed by atoms with E-state index in [1.807, 2.05) is 0 Å². The molecule has 152 valence electrons. The van der Waals surface area contributed by atoms with E-state index in [9.17, 15) is 19.7 Å². The SMILES string of the molecule is C[C@@H](Oc1ccccc1[N+](=O)[O-])C(=O)Nc1ccccc1C(=O)N1CCOCC1. The highest BCUT2D eigenvalue weighted by atomic mass is 16.6. The summed E-state index contributed by atoms with van der Waals surface area (Å²) in [5.41, 5.74) is 0.489. The number of hydrogen-bond acceptors (Lipinski definition) is 6. The monoisotopic (exact) mass is 399 g/mol. The van der Waals surface area contributed by atoms with Gasteiger partial charge in [-0.3, -0.25) is 19.7 Å². The van der Waals surface area contributed by atoms with Crippen molar-refractivity contribution in [1.82, 2.24) is 4.90 Å². The number of nitrogens with zero attached hydrogens (tertiary/aromatic N) is 2. The molecule has 1 fully saturated rings. The van der Waals surface area contributed by atoms with Gasteiger partial charge in [0, 0.05) is 19.2 Å². The van der Waals surface area contributed by atoms with E-state index in [1.54, 1.807) is 35.2 Å². The van der Waals surface area contributed by atoms with Crippen LogP contribution in [0.25, 0.3) is 0 Å². The van der Waals surface area contributed by atoms with Crippen LogP contribution in [0.5, 0.6) is 5.75 Å². The molecule has 9 heteroatoms. The summed E-state index contributed by atoms with van der Waals surface area (Å²) >= 11 is 0. The second kappa shape index (κ2) is 9.16. The fourth-order valence-electron chi connectivity index (χ4n) is 2.90. The molecule has 0 aliphatic carbocycles.